The van der Waals surface area contributed by atoms with Gasteiger partial charge in [-0.05, 0) is 29.6 Å². The highest BCUT2D eigenvalue weighted by Gasteiger charge is 2.40. The van der Waals surface area contributed by atoms with Crippen molar-refractivity contribution in [1.29, 1.82) is 0 Å². The molecular weight excluding hydrogens is 164 g/mol. The van der Waals surface area contributed by atoms with Crippen molar-refractivity contribution in [3.05, 3.63) is 10.5 Å². The molecule has 1 heteroatoms. The van der Waals surface area contributed by atoms with Gasteiger partial charge in [0.1, 0.15) is 0 Å². The van der Waals surface area contributed by atoms with Crippen molar-refractivity contribution in [2.24, 2.45) is 5.41 Å². The van der Waals surface area contributed by atoms with Gasteiger partial charge in [-0.2, -0.15) is 0 Å². The van der Waals surface area contributed by atoms with Crippen molar-refractivity contribution in [3.8, 4) is 0 Å². The molecule has 68 valence electrons. The Morgan fingerprint density at radius 3 is 2.25 bits per heavy atom. The molecule has 1 aliphatic carbocycles. The van der Waals surface area contributed by atoms with E-state index in [0.29, 0.717) is 10.2 Å². The maximum atomic E-state index is 2.39. The van der Waals surface area contributed by atoms with Crippen molar-refractivity contribution in [1.82, 2.24) is 0 Å². The van der Waals surface area contributed by atoms with Crippen molar-refractivity contribution >= 4 is 11.8 Å². The SMILES string of the molecule is CC1(C)CC2=C(C1)SC(C)(C)C2. The summed E-state index contributed by atoms with van der Waals surface area (Å²) in [6.45, 7) is 9.50. The van der Waals surface area contributed by atoms with Crippen LogP contribution in [0.1, 0.15) is 47.0 Å². The molecule has 0 atom stereocenters. The van der Waals surface area contributed by atoms with Gasteiger partial charge in [0.25, 0.3) is 0 Å². The topological polar surface area (TPSA) is 0 Å². The molecule has 1 heterocycles. The fraction of sp³-hybridized carbons (Fsp3) is 0.818. The molecule has 0 saturated carbocycles. The van der Waals surface area contributed by atoms with Crippen LogP contribution in [-0.2, 0) is 0 Å². The lowest BCUT2D eigenvalue weighted by Gasteiger charge is -2.24. The summed E-state index contributed by atoms with van der Waals surface area (Å²) in [4.78, 5) is 1.71. The Balaban J connectivity index is 2.14. The van der Waals surface area contributed by atoms with E-state index in [1.165, 1.54) is 19.3 Å². The van der Waals surface area contributed by atoms with Gasteiger partial charge in [0.05, 0.1) is 0 Å². The first-order valence-corrected chi connectivity index (χ1v) is 5.60. The van der Waals surface area contributed by atoms with Gasteiger partial charge < -0.3 is 0 Å². The predicted octanol–water partition coefficient (Wildman–Crippen LogP) is 3.98. The standard InChI is InChI=1S/C11H18S/c1-10(2)5-8-6-11(3,4)12-9(8)7-10/h5-7H2,1-4H3. The van der Waals surface area contributed by atoms with Crippen molar-refractivity contribution in [2.45, 2.75) is 51.7 Å². The molecule has 2 aliphatic rings. The predicted molar refractivity (Wildman–Crippen MR) is 56.3 cm³/mol. The Hall–Kier alpha value is 0.0900. The summed E-state index contributed by atoms with van der Waals surface area (Å²) in [7, 11) is 0. The van der Waals surface area contributed by atoms with Crippen LogP contribution in [0.5, 0.6) is 0 Å². The van der Waals surface area contributed by atoms with Gasteiger partial charge in [0.2, 0.25) is 0 Å². The van der Waals surface area contributed by atoms with Crippen LogP contribution >= 0.6 is 11.8 Å². The van der Waals surface area contributed by atoms with Gasteiger partial charge in [-0.1, -0.05) is 33.3 Å². The average Bonchev–Trinajstić information content (AvgIpc) is 2.12. The highest BCUT2D eigenvalue weighted by molar-refractivity contribution is 8.04. The largest absolute Gasteiger partial charge is 0.124 e. The summed E-state index contributed by atoms with van der Waals surface area (Å²) in [6, 6.07) is 0. The lowest BCUT2D eigenvalue weighted by atomic mass is 9.88. The molecule has 0 aromatic carbocycles. The van der Waals surface area contributed by atoms with Gasteiger partial charge in [0, 0.05) is 4.75 Å². The quantitative estimate of drug-likeness (QED) is 0.546. The molecule has 0 radical (unpaired) electrons. The monoisotopic (exact) mass is 182 g/mol. The Bertz CT molecular complexity index is 200. The zero-order valence-electron chi connectivity index (χ0n) is 8.53. The number of hydrogen-bond acceptors (Lipinski definition) is 1. The molecule has 0 aromatic heterocycles. The van der Waals surface area contributed by atoms with E-state index in [4.69, 9.17) is 0 Å². The van der Waals surface area contributed by atoms with E-state index in [-0.39, 0.29) is 0 Å². The molecule has 12 heavy (non-hydrogen) atoms. The molecular formula is C11H18S. The van der Waals surface area contributed by atoms with Crippen LogP contribution in [0.4, 0.5) is 0 Å². The third kappa shape index (κ3) is 1.44. The van der Waals surface area contributed by atoms with Gasteiger partial charge in [0.15, 0.2) is 0 Å². The van der Waals surface area contributed by atoms with E-state index in [0.717, 1.165) is 0 Å². The summed E-state index contributed by atoms with van der Waals surface area (Å²) in [5.74, 6) is 0. The number of rotatable bonds is 0. The van der Waals surface area contributed by atoms with E-state index in [1.807, 2.05) is 0 Å². The highest BCUT2D eigenvalue weighted by Crippen LogP contribution is 2.57. The van der Waals surface area contributed by atoms with Gasteiger partial charge in [-0.3, -0.25) is 0 Å². The van der Waals surface area contributed by atoms with Crippen LogP contribution in [-0.4, -0.2) is 4.75 Å². The number of allylic oxidation sites excluding steroid dienone is 2. The lowest BCUT2D eigenvalue weighted by Crippen LogP contribution is -2.14. The van der Waals surface area contributed by atoms with E-state index in [9.17, 15) is 0 Å². The first kappa shape index (κ1) is 8.68. The van der Waals surface area contributed by atoms with Gasteiger partial charge >= 0.3 is 0 Å². The van der Waals surface area contributed by atoms with Crippen LogP contribution in [0, 0.1) is 5.41 Å². The summed E-state index contributed by atoms with van der Waals surface area (Å²) in [5.41, 5.74) is 2.32. The Labute approximate surface area is 79.8 Å². The average molecular weight is 182 g/mol. The van der Waals surface area contributed by atoms with Crippen molar-refractivity contribution < 1.29 is 0 Å². The third-order valence-corrected chi connectivity index (χ3v) is 4.14. The van der Waals surface area contributed by atoms with E-state index in [2.05, 4.69) is 39.5 Å². The van der Waals surface area contributed by atoms with Crippen molar-refractivity contribution in [3.63, 3.8) is 0 Å². The summed E-state index contributed by atoms with van der Waals surface area (Å²) >= 11 is 2.12. The molecule has 0 amide bonds. The summed E-state index contributed by atoms with van der Waals surface area (Å²) in [5, 5.41) is 0. The Morgan fingerprint density at radius 2 is 1.67 bits per heavy atom. The molecule has 0 spiro atoms. The van der Waals surface area contributed by atoms with Crippen LogP contribution in [0.2, 0.25) is 0 Å². The molecule has 0 N–H and O–H groups in total. The summed E-state index contributed by atoms with van der Waals surface area (Å²) < 4.78 is 0.501. The van der Waals surface area contributed by atoms with Gasteiger partial charge in [-0.25, -0.2) is 0 Å². The molecule has 0 aromatic rings. The van der Waals surface area contributed by atoms with Crippen LogP contribution in [0.15, 0.2) is 10.5 Å². The first-order valence-electron chi connectivity index (χ1n) is 4.78. The highest BCUT2D eigenvalue weighted by atomic mass is 32.2. The molecule has 0 bridgehead atoms. The van der Waals surface area contributed by atoms with Crippen LogP contribution in [0.3, 0.4) is 0 Å². The van der Waals surface area contributed by atoms with Gasteiger partial charge in [-0.15, -0.1) is 11.8 Å². The van der Waals surface area contributed by atoms with E-state index < -0.39 is 0 Å². The Kier molecular flexibility index (Phi) is 1.67. The molecule has 0 unspecified atom stereocenters. The van der Waals surface area contributed by atoms with Crippen molar-refractivity contribution in [2.75, 3.05) is 0 Å². The smallest absolute Gasteiger partial charge is 0.0185 e. The fourth-order valence-corrected chi connectivity index (χ4v) is 4.12. The molecule has 1 aliphatic heterocycles. The summed E-state index contributed by atoms with van der Waals surface area (Å²) in [6.07, 6.45) is 4.01. The lowest BCUT2D eigenvalue weighted by molar-refractivity contribution is 0.386. The van der Waals surface area contributed by atoms with E-state index >= 15 is 0 Å². The molecule has 0 nitrogen and oxygen atoms in total. The van der Waals surface area contributed by atoms with Crippen LogP contribution in [0.25, 0.3) is 0 Å². The molecule has 0 saturated heterocycles. The maximum absolute atomic E-state index is 2.39. The second kappa shape index (κ2) is 2.31. The minimum atomic E-state index is 0.501. The minimum Gasteiger partial charge on any atom is -0.124 e. The molecule has 0 fully saturated rings. The second-order valence-electron chi connectivity index (χ2n) is 5.58. The zero-order chi connectivity index (χ0) is 8.98. The van der Waals surface area contributed by atoms with E-state index in [1.54, 1.807) is 10.5 Å². The number of thioether (sulfide) groups is 1. The maximum Gasteiger partial charge on any atom is 0.0185 e. The first-order chi connectivity index (χ1) is 5.38. The minimum absolute atomic E-state index is 0.501. The Morgan fingerprint density at radius 1 is 1.00 bits per heavy atom. The third-order valence-electron chi connectivity index (χ3n) is 2.76. The van der Waals surface area contributed by atoms with Crippen LogP contribution < -0.4 is 0 Å². The normalized spacial score (nSPS) is 31.0. The fourth-order valence-electron chi connectivity index (χ4n) is 2.45. The molecule has 2 rings (SSSR count). The number of hydrogen-bond donors (Lipinski definition) is 0. The second-order valence-corrected chi connectivity index (χ2v) is 7.39. The zero-order valence-corrected chi connectivity index (χ0v) is 9.35.